The lowest BCUT2D eigenvalue weighted by Gasteiger charge is -2.36. The third-order valence-electron chi connectivity index (χ3n) is 5.80. The number of thioether (sulfide) groups is 1. The maximum Gasteiger partial charge on any atom is 0.416 e. The molecule has 4 aromatic rings. The largest absolute Gasteiger partial charge is 0.416 e. The molecule has 5 nitrogen and oxygen atoms in total. The predicted molar refractivity (Wildman–Crippen MR) is 121 cm³/mol. The Kier molecular flexibility index (Phi) is 5.69. The lowest BCUT2D eigenvalue weighted by atomic mass is 10.1. The Morgan fingerprint density at radius 2 is 1.69 bits per heavy atom. The Morgan fingerprint density at radius 3 is 2.50 bits per heavy atom. The second-order valence-electron chi connectivity index (χ2n) is 7.79. The highest BCUT2D eigenvalue weighted by Gasteiger charge is 2.31. The number of nitrogens with zero attached hydrogens (tertiary/aromatic N) is 5. The minimum absolute atomic E-state index is 0.595. The van der Waals surface area contributed by atoms with Crippen LogP contribution in [0.5, 0.6) is 0 Å². The molecule has 0 aliphatic carbocycles. The van der Waals surface area contributed by atoms with E-state index in [4.69, 9.17) is 0 Å². The van der Waals surface area contributed by atoms with E-state index < -0.39 is 11.7 Å². The summed E-state index contributed by atoms with van der Waals surface area (Å²) < 4.78 is 41.1. The number of hydrogen-bond acceptors (Lipinski definition) is 5. The summed E-state index contributed by atoms with van der Waals surface area (Å²) in [6, 6.07) is 17.8. The van der Waals surface area contributed by atoms with Crippen LogP contribution in [0, 0.1) is 0 Å². The van der Waals surface area contributed by atoms with Crippen LogP contribution in [0.3, 0.4) is 0 Å². The molecule has 1 saturated heterocycles. The molecule has 1 aliphatic heterocycles. The highest BCUT2D eigenvalue weighted by Crippen LogP contribution is 2.32. The summed E-state index contributed by atoms with van der Waals surface area (Å²) in [5, 5.41) is 10.7. The number of fused-ring (bicyclic) bond motifs is 3. The van der Waals surface area contributed by atoms with Gasteiger partial charge in [-0.15, -0.1) is 10.2 Å². The molecule has 0 atom stereocenters. The van der Waals surface area contributed by atoms with Crippen molar-refractivity contribution in [3.63, 3.8) is 0 Å². The van der Waals surface area contributed by atoms with Gasteiger partial charge in [0.25, 0.3) is 0 Å². The van der Waals surface area contributed by atoms with Gasteiger partial charge in [0.15, 0.2) is 10.8 Å². The maximum atomic E-state index is 13.0. The van der Waals surface area contributed by atoms with Crippen molar-refractivity contribution in [2.45, 2.75) is 11.3 Å². The van der Waals surface area contributed by atoms with E-state index in [1.807, 2.05) is 23.1 Å². The number of alkyl halides is 3. The van der Waals surface area contributed by atoms with Gasteiger partial charge in [-0.05, 0) is 41.8 Å². The van der Waals surface area contributed by atoms with E-state index in [0.717, 1.165) is 53.2 Å². The van der Waals surface area contributed by atoms with E-state index in [9.17, 15) is 13.2 Å². The van der Waals surface area contributed by atoms with Gasteiger partial charge in [0.1, 0.15) is 0 Å². The topological polar surface area (TPSA) is 36.7 Å². The Balaban J connectivity index is 1.18. The van der Waals surface area contributed by atoms with Crippen LogP contribution in [0.2, 0.25) is 0 Å². The summed E-state index contributed by atoms with van der Waals surface area (Å²) in [6.45, 7) is 3.95. The maximum absolute atomic E-state index is 13.0. The van der Waals surface area contributed by atoms with Crippen molar-refractivity contribution < 1.29 is 13.2 Å². The van der Waals surface area contributed by atoms with E-state index in [-0.39, 0.29) is 0 Å². The molecule has 0 spiro atoms. The van der Waals surface area contributed by atoms with Crippen LogP contribution in [0.15, 0.2) is 65.8 Å². The van der Waals surface area contributed by atoms with Crippen molar-refractivity contribution in [2.24, 2.45) is 0 Å². The average molecular weight is 458 g/mol. The van der Waals surface area contributed by atoms with Crippen LogP contribution in [0.1, 0.15) is 5.56 Å². The molecule has 1 aliphatic rings. The zero-order chi connectivity index (χ0) is 22.1. The zero-order valence-electron chi connectivity index (χ0n) is 17.3. The summed E-state index contributed by atoms with van der Waals surface area (Å²) in [6.07, 6.45) is -4.31. The first-order chi connectivity index (χ1) is 15.5. The van der Waals surface area contributed by atoms with E-state index in [1.165, 1.54) is 12.1 Å². The molecule has 32 heavy (non-hydrogen) atoms. The van der Waals surface area contributed by atoms with Crippen molar-refractivity contribution >= 4 is 34.0 Å². The molecule has 0 radical (unpaired) electrons. The van der Waals surface area contributed by atoms with Crippen molar-refractivity contribution in [3.05, 3.63) is 66.2 Å². The van der Waals surface area contributed by atoms with Gasteiger partial charge in [0.05, 0.1) is 11.1 Å². The summed E-state index contributed by atoms with van der Waals surface area (Å²) in [5.74, 6) is 0.869. The van der Waals surface area contributed by atoms with E-state index in [1.54, 1.807) is 17.8 Å². The third-order valence-corrected chi connectivity index (χ3v) is 6.71. The van der Waals surface area contributed by atoms with Gasteiger partial charge in [-0.1, -0.05) is 36.0 Å². The summed E-state index contributed by atoms with van der Waals surface area (Å²) in [5.41, 5.74) is 1.96. The van der Waals surface area contributed by atoms with Gasteiger partial charge in [-0.3, -0.25) is 9.30 Å². The summed E-state index contributed by atoms with van der Waals surface area (Å²) >= 11 is 1.68. The van der Waals surface area contributed by atoms with Crippen LogP contribution in [0.25, 0.3) is 16.6 Å². The molecule has 1 fully saturated rings. The SMILES string of the molecule is FC(F)(F)c1cccc(N2CCN(CCSc3nnc4ccc5ccccc5n34)CC2)c1. The van der Waals surface area contributed by atoms with Crippen LogP contribution in [-0.2, 0) is 6.18 Å². The van der Waals surface area contributed by atoms with Gasteiger partial charge < -0.3 is 4.90 Å². The monoisotopic (exact) mass is 457 g/mol. The van der Waals surface area contributed by atoms with Crippen molar-refractivity contribution in [1.29, 1.82) is 0 Å². The Hall–Kier alpha value is -2.78. The normalized spacial score (nSPS) is 15.7. The first kappa shape index (κ1) is 21.1. The molecular weight excluding hydrogens is 435 g/mol. The second kappa shape index (κ2) is 8.63. The molecule has 9 heteroatoms. The number of pyridine rings is 1. The minimum atomic E-state index is -4.31. The van der Waals surface area contributed by atoms with Crippen molar-refractivity contribution in [1.82, 2.24) is 19.5 Å². The summed E-state index contributed by atoms with van der Waals surface area (Å²) in [7, 11) is 0. The molecule has 0 unspecified atom stereocenters. The van der Waals surface area contributed by atoms with Crippen LogP contribution in [-0.4, -0.2) is 58.0 Å². The molecule has 3 heterocycles. The predicted octanol–water partition coefficient (Wildman–Crippen LogP) is 4.82. The Bertz CT molecular complexity index is 1230. The lowest BCUT2D eigenvalue weighted by Crippen LogP contribution is -2.47. The standard InChI is InChI=1S/C23H22F3N5S/c24-23(25,26)18-5-3-6-19(16-18)30-12-10-29(11-13-30)14-15-32-22-28-27-21-9-8-17-4-1-2-7-20(17)31(21)22/h1-9,16H,10-15H2. The third kappa shape index (κ3) is 4.27. The molecule has 2 aromatic heterocycles. The molecule has 0 N–H and O–H groups in total. The van der Waals surface area contributed by atoms with E-state index in [0.29, 0.717) is 18.8 Å². The van der Waals surface area contributed by atoms with Crippen molar-refractivity contribution in [3.8, 4) is 0 Å². The molecule has 2 aromatic carbocycles. The van der Waals surface area contributed by atoms with E-state index >= 15 is 0 Å². The molecule has 0 bridgehead atoms. The van der Waals surface area contributed by atoms with Gasteiger partial charge in [0.2, 0.25) is 0 Å². The number of benzene rings is 2. The van der Waals surface area contributed by atoms with Crippen LogP contribution in [0.4, 0.5) is 18.9 Å². The number of rotatable bonds is 5. The fourth-order valence-corrected chi connectivity index (χ4v) is 5.03. The van der Waals surface area contributed by atoms with Gasteiger partial charge >= 0.3 is 6.18 Å². The molecule has 5 rings (SSSR count). The first-order valence-corrected chi connectivity index (χ1v) is 11.5. The zero-order valence-corrected chi connectivity index (χ0v) is 18.1. The number of piperazine rings is 1. The molecule has 0 amide bonds. The highest BCUT2D eigenvalue weighted by molar-refractivity contribution is 7.99. The molecule has 166 valence electrons. The number of aromatic nitrogens is 3. The second-order valence-corrected chi connectivity index (χ2v) is 8.86. The van der Waals surface area contributed by atoms with Gasteiger partial charge in [-0.2, -0.15) is 13.2 Å². The van der Waals surface area contributed by atoms with Crippen LogP contribution < -0.4 is 4.90 Å². The Labute approximate surface area is 187 Å². The molecular formula is C23H22F3N5S. The fourth-order valence-electron chi connectivity index (χ4n) is 4.08. The summed E-state index contributed by atoms with van der Waals surface area (Å²) in [4.78, 5) is 4.37. The van der Waals surface area contributed by atoms with Gasteiger partial charge in [-0.25, -0.2) is 0 Å². The quantitative estimate of drug-likeness (QED) is 0.402. The number of anilines is 1. The minimum Gasteiger partial charge on any atom is -0.369 e. The van der Waals surface area contributed by atoms with Gasteiger partial charge in [0, 0.05) is 44.2 Å². The van der Waals surface area contributed by atoms with Crippen LogP contribution >= 0.6 is 11.8 Å². The number of para-hydroxylation sites is 1. The molecule has 0 saturated carbocycles. The van der Waals surface area contributed by atoms with Crippen molar-refractivity contribution in [2.75, 3.05) is 43.4 Å². The fraction of sp³-hybridized carbons (Fsp3) is 0.304. The highest BCUT2D eigenvalue weighted by atomic mass is 32.2. The average Bonchev–Trinajstić information content (AvgIpc) is 3.23. The lowest BCUT2D eigenvalue weighted by molar-refractivity contribution is -0.137. The number of hydrogen-bond donors (Lipinski definition) is 0. The smallest absolute Gasteiger partial charge is 0.369 e. The first-order valence-electron chi connectivity index (χ1n) is 10.5. The Morgan fingerprint density at radius 1 is 0.875 bits per heavy atom. The van der Waals surface area contributed by atoms with E-state index in [2.05, 4.69) is 37.7 Å². The number of halogens is 3.